The lowest BCUT2D eigenvalue weighted by atomic mass is 10.2. The van der Waals surface area contributed by atoms with Crippen LogP contribution in [0, 0.1) is 0 Å². The zero-order valence-corrected chi connectivity index (χ0v) is 13.1. The summed E-state index contributed by atoms with van der Waals surface area (Å²) >= 11 is 9.31. The van der Waals surface area contributed by atoms with Crippen LogP contribution in [0.15, 0.2) is 40.9 Å². The van der Waals surface area contributed by atoms with Gasteiger partial charge in [0, 0.05) is 17.1 Å². The number of phenols is 1. The molecule has 1 heterocycles. The van der Waals surface area contributed by atoms with Gasteiger partial charge in [0.1, 0.15) is 11.6 Å². The van der Waals surface area contributed by atoms with E-state index in [1.54, 1.807) is 6.07 Å². The number of nitrogens with zero attached hydrogens (tertiary/aromatic N) is 2. The number of benzene rings is 2. The fourth-order valence-electron chi connectivity index (χ4n) is 2.30. The van der Waals surface area contributed by atoms with Crippen LogP contribution in [-0.4, -0.2) is 14.7 Å². The molecule has 0 fully saturated rings. The maximum atomic E-state index is 9.84. The highest BCUT2D eigenvalue weighted by atomic mass is 79.9. The molecule has 3 rings (SSSR count). The summed E-state index contributed by atoms with van der Waals surface area (Å²) in [5, 5.41) is 10.5. The molecule has 2 aromatic carbocycles. The van der Waals surface area contributed by atoms with Gasteiger partial charge in [-0.05, 0) is 59.3 Å². The molecule has 0 atom stereocenters. The van der Waals surface area contributed by atoms with Crippen LogP contribution in [0.25, 0.3) is 22.4 Å². The van der Waals surface area contributed by atoms with E-state index in [1.807, 2.05) is 30.3 Å². The second kappa shape index (κ2) is 5.11. The van der Waals surface area contributed by atoms with Crippen molar-refractivity contribution in [2.45, 2.75) is 13.5 Å². The number of hydrogen-bond donors (Lipinski definition) is 1. The first-order valence-electron chi connectivity index (χ1n) is 6.25. The highest BCUT2D eigenvalue weighted by molar-refractivity contribution is 9.10. The Hall–Kier alpha value is -1.52. The predicted octanol–water partition coefficient (Wildman–Crippen LogP) is 4.84. The van der Waals surface area contributed by atoms with Crippen molar-refractivity contribution >= 4 is 38.6 Å². The number of hydrogen-bond acceptors (Lipinski definition) is 2. The van der Waals surface area contributed by atoms with E-state index in [9.17, 15) is 5.11 Å². The van der Waals surface area contributed by atoms with Gasteiger partial charge in [0.05, 0.1) is 15.5 Å². The Labute approximate surface area is 130 Å². The van der Waals surface area contributed by atoms with Crippen LogP contribution >= 0.6 is 27.5 Å². The van der Waals surface area contributed by atoms with Crippen molar-refractivity contribution in [1.82, 2.24) is 9.55 Å². The second-order valence-corrected chi connectivity index (χ2v) is 5.77. The first kappa shape index (κ1) is 13.5. The van der Waals surface area contributed by atoms with E-state index in [0.29, 0.717) is 9.50 Å². The maximum Gasteiger partial charge on any atom is 0.141 e. The Morgan fingerprint density at radius 3 is 2.75 bits per heavy atom. The Bertz CT molecular complexity index is 798. The molecule has 3 aromatic rings. The molecule has 0 bridgehead atoms. The molecular formula is C15H12BrClN2O. The van der Waals surface area contributed by atoms with Gasteiger partial charge in [-0.15, -0.1) is 0 Å². The summed E-state index contributed by atoms with van der Waals surface area (Å²) in [7, 11) is 0. The number of halogens is 2. The first-order valence-corrected chi connectivity index (χ1v) is 7.42. The lowest BCUT2D eigenvalue weighted by Gasteiger charge is -2.07. The summed E-state index contributed by atoms with van der Waals surface area (Å²) in [6.45, 7) is 2.86. The smallest absolute Gasteiger partial charge is 0.141 e. The molecule has 0 aliphatic heterocycles. The van der Waals surface area contributed by atoms with Crippen LogP contribution in [0.1, 0.15) is 6.92 Å². The van der Waals surface area contributed by atoms with Crippen molar-refractivity contribution < 1.29 is 5.11 Å². The molecule has 0 saturated heterocycles. The van der Waals surface area contributed by atoms with E-state index in [-0.39, 0.29) is 5.75 Å². The van der Waals surface area contributed by atoms with E-state index >= 15 is 0 Å². The number of imidazole rings is 1. The van der Waals surface area contributed by atoms with Gasteiger partial charge in [0.15, 0.2) is 0 Å². The second-order valence-electron chi connectivity index (χ2n) is 4.48. The molecule has 0 radical (unpaired) electrons. The minimum absolute atomic E-state index is 0.204. The van der Waals surface area contributed by atoms with E-state index in [4.69, 9.17) is 11.6 Å². The summed E-state index contributed by atoms with van der Waals surface area (Å²) in [6.07, 6.45) is 0. The maximum absolute atomic E-state index is 9.84. The molecule has 3 nitrogen and oxygen atoms in total. The zero-order chi connectivity index (χ0) is 14.3. The zero-order valence-electron chi connectivity index (χ0n) is 10.8. The SMILES string of the molecule is CCn1c(-c2ccc(Br)c(O)c2)nc2cc(Cl)ccc21. The number of fused-ring (bicyclic) bond motifs is 1. The minimum atomic E-state index is 0.204. The largest absolute Gasteiger partial charge is 0.507 e. The molecule has 0 unspecified atom stereocenters. The van der Waals surface area contributed by atoms with Crippen molar-refractivity contribution in [3.63, 3.8) is 0 Å². The van der Waals surface area contributed by atoms with Crippen LogP contribution in [0.5, 0.6) is 5.75 Å². The van der Waals surface area contributed by atoms with Gasteiger partial charge in [-0.3, -0.25) is 0 Å². The van der Waals surface area contributed by atoms with Crippen molar-refractivity contribution in [3.8, 4) is 17.1 Å². The van der Waals surface area contributed by atoms with Crippen LogP contribution in [-0.2, 0) is 6.54 Å². The van der Waals surface area contributed by atoms with Crippen LogP contribution in [0.4, 0.5) is 0 Å². The molecule has 5 heteroatoms. The molecule has 102 valence electrons. The summed E-state index contributed by atoms with van der Waals surface area (Å²) in [6, 6.07) is 11.1. The summed E-state index contributed by atoms with van der Waals surface area (Å²) in [5.74, 6) is 1.03. The third-order valence-electron chi connectivity index (χ3n) is 3.23. The van der Waals surface area contributed by atoms with Gasteiger partial charge in [0.25, 0.3) is 0 Å². The van der Waals surface area contributed by atoms with E-state index in [2.05, 4.69) is 32.4 Å². The molecule has 0 aliphatic rings. The summed E-state index contributed by atoms with van der Waals surface area (Å²) in [4.78, 5) is 4.64. The third kappa shape index (κ3) is 2.19. The molecule has 1 N–H and O–H groups in total. The normalized spacial score (nSPS) is 11.2. The van der Waals surface area contributed by atoms with E-state index < -0.39 is 0 Å². The average molecular weight is 352 g/mol. The third-order valence-corrected chi connectivity index (χ3v) is 4.14. The Balaban J connectivity index is 2.26. The first-order chi connectivity index (χ1) is 9.60. The topological polar surface area (TPSA) is 38.0 Å². The Morgan fingerprint density at radius 1 is 1.25 bits per heavy atom. The van der Waals surface area contributed by atoms with Crippen LogP contribution in [0.2, 0.25) is 5.02 Å². The molecule has 1 aromatic heterocycles. The van der Waals surface area contributed by atoms with Crippen LogP contribution < -0.4 is 0 Å². The number of rotatable bonds is 2. The Morgan fingerprint density at radius 2 is 2.05 bits per heavy atom. The molecular weight excluding hydrogens is 340 g/mol. The quantitative estimate of drug-likeness (QED) is 0.717. The molecule has 0 amide bonds. The van der Waals surface area contributed by atoms with E-state index in [0.717, 1.165) is 29.0 Å². The lowest BCUT2D eigenvalue weighted by molar-refractivity contribution is 0.472. The Kier molecular flexibility index (Phi) is 3.44. The number of aryl methyl sites for hydroxylation is 1. The number of aromatic nitrogens is 2. The predicted molar refractivity (Wildman–Crippen MR) is 85.2 cm³/mol. The van der Waals surface area contributed by atoms with Crippen molar-refractivity contribution in [2.24, 2.45) is 0 Å². The number of phenolic OH excluding ortho intramolecular Hbond substituents is 1. The number of aromatic hydroxyl groups is 1. The highest BCUT2D eigenvalue weighted by Gasteiger charge is 2.13. The standard InChI is InChI=1S/C15H12BrClN2O/c1-2-19-13-6-4-10(17)8-12(13)18-15(19)9-3-5-11(16)14(20)7-9/h3-8,20H,2H2,1H3. The minimum Gasteiger partial charge on any atom is -0.507 e. The summed E-state index contributed by atoms with van der Waals surface area (Å²) < 4.78 is 2.78. The molecule has 20 heavy (non-hydrogen) atoms. The monoisotopic (exact) mass is 350 g/mol. The summed E-state index contributed by atoms with van der Waals surface area (Å²) in [5.41, 5.74) is 2.77. The molecule has 0 aliphatic carbocycles. The molecule has 0 saturated carbocycles. The van der Waals surface area contributed by atoms with Crippen LogP contribution in [0.3, 0.4) is 0 Å². The van der Waals surface area contributed by atoms with Crippen molar-refractivity contribution in [2.75, 3.05) is 0 Å². The van der Waals surface area contributed by atoms with Gasteiger partial charge >= 0.3 is 0 Å². The van der Waals surface area contributed by atoms with Gasteiger partial charge in [-0.25, -0.2) is 4.98 Å². The fraction of sp³-hybridized carbons (Fsp3) is 0.133. The van der Waals surface area contributed by atoms with Gasteiger partial charge in [0.2, 0.25) is 0 Å². The van der Waals surface area contributed by atoms with E-state index in [1.165, 1.54) is 0 Å². The van der Waals surface area contributed by atoms with Gasteiger partial charge < -0.3 is 9.67 Å². The highest BCUT2D eigenvalue weighted by Crippen LogP contribution is 2.31. The average Bonchev–Trinajstić information content (AvgIpc) is 2.79. The fourth-order valence-corrected chi connectivity index (χ4v) is 2.71. The van der Waals surface area contributed by atoms with Crippen molar-refractivity contribution in [1.29, 1.82) is 0 Å². The van der Waals surface area contributed by atoms with Gasteiger partial charge in [-0.2, -0.15) is 0 Å². The lowest BCUT2D eigenvalue weighted by Crippen LogP contribution is -1.97. The van der Waals surface area contributed by atoms with Crippen molar-refractivity contribution in [3.05, 3.63) is 45.9 Å². The van der Waals surface area contributed by atoms with Gasteiger partial charge in [-0.1, -0.05) is 11.6 Å². The molecule has 0 spiro atoms.